The summed E-state index contributed by atoms with van der Waals surface area (Å²) in [5, 5.41) is 0. The van der Waals surface area contributed by atoms with Gasteiger partial charge in [0.05, 0.1) is 0 Å². The predicted octanol–water partition coefficient (Wildman–Crippen LogP) is 1.82. The van der Waals surface area contributed by atoms with E-state index in [0.717, 1.165) is 18.8 Å². The molecule has 3 nitrogen and oxygen atoms in total. The molecular weight excluding hydrogens is 198 g/mol. The smallest absolute Gasteiger partial charge is 0.110 e. The van der Waals surface area contributed by atoms with Gasteiger partial charge in [0.1, 0.15) is 5.82 Å². The molecule has 0 aliphatic carbocycles. The van der Waals surface area contributed by atoms with Crippen molar-refractivity contribution in [2.75, 3.05) is 0 Å². The highest BCUT2D eigenvalue weighted by atomic mass is 15.1. The Kier molecular flexibility index (Phi) is 3.37. The highest BCUT2D eigenvalue weighted by Crippen LogP contribution is 2.06. The Hall–Kier alpha value is -1.61. The van der Waals surface area contributed by atoms with Crippen molar-refractivity contribution in [3.63, 3.8) is 0 Å². The normalized spacial score (nSPS) is 12.6. The third-order valence-corrected chi connectivity index (χ3v) is 2.50. The molecule has 0 radical (unpaired) electrons. The molecule has 0 fully saturated rings. The molecule has 1 aromatic carbocycles. The molecule has 1 atom stereocenters. The van der Waals surface area contributed by atoms with Crippen LogP contribution in [-0.2, 0) is 13.0 Å². The zero-order chi connectivity index (χ0) is 11.4. The van der Waals surface area contributed by atoms with Gasteiger partial charge in [-0.2, -0.15) is 0 Å². The zero-order valence-corrected chi connectivity index (χ0v) is 9.50. The first kappa shape index (κ1) is 10.9. The van der Waals surface area contributed by atoms with Gasteiger partial charge >= 0.3 is 0 Å². The second-order valence-corrected chi connectivity index (χ2v) is 4.14. The van der Waals surface area contributed by atoms with Crippen LogP contribution >= 0.6 is 0 Å². The fraction of sp³-hybridized carbons (Fsp3) is 0.308. The highest BCUT2D eigenvalue weighted by molar-refractivity contribution is 5.15. The lowest BCUT2D eigenvalue weighted by Gasteiger charge is -2.09. The Bertz CT molecular complexity index is 431. The van der Waals surface area contributed by atoms with Gasteiger partial charge in [-0.15, -0.1) is 0 Å². The molecule has 84 valence electrons. The molecule has 0 saturated carbocycles. The Morgan fingerprint density at radius 1 is 1.31 bits per heavy atom. The Morgan fingerprint density at radius 3 is 2.75 bits per heavy atom. The topological polar surface area (TPSA) is 43.8 Å². The van der Waals surface area contributed by atoms with Crippen LogP contribution in [0.25, 0.3) is 0 Å². The van der Waals surface area contributed by atoms with Crippen LogP contribution in [0.3, 0.4) is 0 Å². The van der Waals surface area contributed by atoms with Crippen LogP contribution in [0.15, 0.2) is 42.7 Å². The van der Waals surface area contributed by atoms with E-state index in [2.05, 4.69) is 33.8 Å². The first-order valence-electron chi connectivity index (χ1n) is 5.55. The van der Waals surface area contributed by atoms with Crippen LogP contribution in [0, 0.1) is 0 Å². The molecule has 0 spiro atoms. The molecule has 1 heterocycles. The van der Waals surface area contributed by atoms with Crippen molar-refractivity contribution in [1.82, 2.24) is 9.55 Å². The molecule has 3 heteroatoms. The SMILES string of the molecule is CC(N)Cc1nccn1Cc1ccccc1. The van der Waals surface area contributed by atoms with Gasteiger partial charge in [0.15, 0.2) is 0 Å². The summed E-state index contributed by atoms with van der Waals surface area (Å²) in [6.07, 6.45) is 4.66. The minimum atomic E-state index is 0.150. The number of nitrogens with zero attached hydrogens (tertiary/aromatic N) is 2. The lowest BCUT2D eigenvalue weighted by molar-refractivity contribution is 0.648. The number of nitrogens with two attached hydrogens (primary N) is 1. The van der Waals surface area contributed by atoms with Crippen molar-refractivity contribution in [1.29, 1.82) is 0 Å². The fourth-order valence-corrected chi connectivity index (χ4v) is 1.74. The summed E-state index contributed by atoms with van der Waals surface area (Å²) in [5.74, 6) is 1.05. The molecule has 1 unspecified atom stereocenters. The van der Waals surface area contributed by atoms with E-state index < -0.39 is 0 Å². The van der Waals surface area contributed by atoms with Gasteiger partial charge in [0.2, 0.25) is 0 Å². The van der Waals surface area contributed by atoms with Crippen molar-refractivity contribution in [2.45, 2.75) is 25.9 Å². The van der Waals surface area contributed by atoms with Gasteiger partial charge in [0.25, 0.3) is 0 Å². The van der Waals surface area contributed by atoms with Crippen LogP contribution in [0.1, 0.15) is 18.3 Å². The Balaban J connectivity index is 2.13. The maximum Gasteiger partial charge on any atom is 0.110 e. The lowest BCUT2D eigenvalue weighted by atomic mass is 10.2. The summed E-state index contributed by atoms with van der Waals surface area (Å²) in [7, 11) is 0. The van der Waals surface area contributed by atoms with Crippen molar-refractivity contribution < 1.29 is 0 Å². The number of hydrogen-bond donors (Lipinski definition) is 1. The number of hydrogen-bond acceptors (Lipinski definition) is 2. The molecule has 2 N–H and O–H groups in total. The van der Waals surface area contributed by atoms with Crippen LogP contribution < -0.4 is 5.73 Å². The van der Waals surface area contributed by atoms with Gasteiger partial charge in [-0.05, 0) is 12.5 Å². The minimum Gasteiger partial charge on any atom is -0.330 e. The van der Waals surface area contributed by atoms with Gasteiger partial charge in [0, 0.05) is 31.4 Å². The molecule has 0 bridgehead atoms. The molecule has 2 aromatic rings. The van der Waals surface area contributed by atoms with Crippen molar-refractivity contribution in [3.05, 3.63) is 54.1 Å². The number of imidazole rings is 1. The lowest BCUT2D eigenvalue weighted by Crippen LogP contribution is -2.20. The van der Waals surface area contributed by atoms with Gasteiger partial charge in [-0.25, -0.2) is 4.98 Å². The zero-order valence-electron chi connectivity index (χ0n) is 9.50. The van der Waals surface area contributed by atoms with Gasteiger partial charge in [-0.1, -0.05) is 30.3 Å². The first-order chi connectivity index (χ1) is 7.75. The highest BCUT2D eigenvalue weighted by Gasteiger charge is 2.05. The largest absolute Gasteiger partial charge is 0.330 e. The molecule has 0 aliphatic rings. The van der Waals surface area contributed by atoms with Crippen molar-refractivity contribution >= 4 is 0 Å². The second-order valence-electron chi connectivity index (χ2n) is 4.14. The summed E-state index contributed by atoms with van der Waals surface area (Å²) in [5.41, 5.74) is 7.08. The Morgan fingerprint density at radius 2 is 2.06 bits per heavy atom. The fourth-order valence-electron chi connectivity index (χ4n) is 1.74. The number of benzene rings is 1. The van der Waals surface area contributed by atoms with E-state index in [1.165, 1.54) is 5.56 Å². The van der Waals surface area contributed by atoms with Gasteiger partial charge in [-0.3, -0.25) is 0 Å². The van der Waals surface area contributed by atoms with Crippen LogP contribution in [0.5, 0.6) is 0 Å². The molecule has 16 heavy (non-hydrogen) atoms. The van der Waals surface area contributed by atoms with Crippen molar-refractivity contribution in [3.8, 4) is 0 Å². The Labute approximate surface area is 95.9 Å². The number of aromatic nitrogens is 2. The monoisotopic (exact) mass is 215 g/mol. The molecule has 2 rings (SSSR count). The molecule has 0 saturated heterocycles. The minimum absolute atomic E-state index is 0.150. The van der Waals surface area contributed by atoms with Crippen LogP contribution in [-0.4, -0.2) is 15.6 Å². The summed E-state index contributed by atoms with van der Waals surface area (Å²) in [6, 6.07) is 10.5. The predicted molar refractivity (Wildman–Crippen MR) is 65.1 cm³/mol. The standard InChI is InChI=1S/C13H17N3/c1-11(14)9-13-15-7-8-16(13)10-12-5-3-2-4-6-12/h2-8,11H,9-10,14H2,1H3. The maximum atomic E-state index is 5.79. The van der Waals surface area contributed by atoms with Crippen LogP contribution in [0.4, 0.5) is 0 Å². The molecular formula is C13H17N3. The number of rotatable bonds is 4. The maximum absolute atomic E-state index is 5.79. The van der Waals surface area contributed by atoms with E-state index >= 15 is 0 Å². The van der Waals surface area contributed by atoms with E-state index in [-0.39, 0.29) is 6.04 Å². The molecule has 0 aliphatic heterocycles. The second kappa shape index (κ2) is 4.94. The van der Waals surface area contributed by atoms with Crippen LogP contribution in [0.2, 0.25) is 0 Å². The third-order valence-electron chi connectivity index (χ3n) is 2.50. The first-order valence-corrected chi connectivity index (χ1v) is 5.55. The average Bonchev–Trinajstić information content (AvgIpc) is 2.66. The summed E-state index contributed by atoms with van der Waals surface area (Å²) in [6.45, 7) is 2.87. The average molecular weight is 215 g/mol. The van der Waals surface area contributed by atoms with Crippen molar-refractivity contribution in [2.24, 2.45) is 5.73 Å². The van der Waals surface area contributed by atoms with E-state index in [9.17, 15) is 0 Å². The van der Waals surface area contributed by atoms with E-state index in [1.807, 2.05) is 25.4 Å². The third kappa shape index (κ3) is 2.70. The molecule has 0 amide bonds. The van der Waals surface area contributed by atoms with Gasteiger partial charge < -0.3 is 10.3 Å². The van der Waals surface area contributed by atoms with E-state index in [1.54, 1.807) is 0 Å². The van der Waals surface area contributed by atoms with E-state index in [0.29, 0.717) is 0 Å². The summed E-state index contributed by atoms with van der Waals surface area (Å²) in [4.78, 5) is 4.34. The quantitative estimate of drug-likeness (QED) is 0.845. The molecule has 1 aromatic heterocycles. The van der Waals surface area contributed by atoms with E-state index in [4.69, 9.17) is 5.73 Å². The summed E-state index contributed by atoms with van der Waals surface area (Å²) < 4.78 is 2.15. The summed E-state index contributed by atoms with van der Waals surface area (Å²) >= 11 is 0.